The summed E-state index contributed by atoms with van der Waals surface area (Å²) in [5.41, 5.74) is 5.34. The normalized spacial score (nSPS) is 11.5. The maximum Gasteiger partial charge on any atom is 0.314 e. The van der Waals surface area contributed by atoms with E-state index in [9.17, 15) is 4.79 Å². The number of hydrogen-bond donors (Lipinski definition) is 1. The molecule has 0 atom stereocenters. The molecule has 0 fully saturated rings. The number of nitrogens with two attached hydrogens (primary N) is 1. The number of hydrogen-bond acceptors (Lipinski definition) is 4. The van der Waals surface area contributed by atoms with Gasteiger partial charge in [-0.25, -0.2) is 4.98 Å². The Hall–Kier alpha value is -1.72. The van der Waals surface area contributed by atoms with Gasteiger partial charge in [-0.05, 0) is 26.8 Å². The van der Waals surface area contributed by atoms with E-state index < -0.39 is 0 Å². The van der Waals surface area contributed by atoms with Crippen LogP contribution in [0.2, 0.25) is 10.0 Å². The summed E-state index contributed by atoms with van der Waals surface area (Å²) in [6, 6.07) is 2.92. The van der Waals surface area contributed by atoms with E-state index in [2.05, 4.69) is 4.98 Å². The molecule has 0 aliphatic carbocycles. The fraction of sp³-hybridized carbons (Fsp3) is 0.286. The zero-order valence-electron chi connectivity index (χ0n) is 11.9. The number of ether oxygens (including phenoxy) is 1. The zero-order valence-corrected chi connectivity index (χ0v) is 13.4. The Labute approximate surface area is 132 Å². The highest BCUT2D eigenvalue weighted by Gasteiger charge is 2.18. The summed E-state index contributed by atoms with van der Waals surface area (Å²) in [5.74, 6) is 0.165. The highest BCUT2D eigenvalue weighted by molar-refractivity contribution is 6.42. The number of anilines is 1. The lowest BCUT2D eigenvalue weighted by Gasteiger charge is -2.22. The molecule has 2 aromatic rings. The minimum atomic E-state index is -0.388. The third-order valence-corrected chi connectivity index (χ3v) is 3.51. The first-order chi connectivity index (χ1) is 9.70. The fourth-order valence-corrected chi connectivity index (χ4v) is 2.05. The molecule has 0 saturated heterocycles. The first-order valence-corrected chi connectivity index (χ1v) is 6.96. The topological polar surface area (TPSA) is 70.1 Å². The van der Waals surface area contributed by atoms with Crippen molar-refractivity contribution in [1.82, 2.24) is 9.55 Å². The molecule has 2 rings (SSSR count). The molecule has 112 valence electrons. The molecular formula is C14H15Cl2N3O2. The molecule has 0 aliphatic heterocycles. The van der Waals surface area contributed by atoms with Gasteiger partial charge in [-0.3, -0.25) is 4.79 Å². The van der Waals surface area contributed by atoms with Crippen LogP contribution < -0.4 is 16.0 Å². The zero-order chi connectivity index (χ0) is 15.8. The summed E-state index contributed by atoms with van der Waals surface area (Å²) < 4.78 is 7.03. The smallest absolute Gasteiger partial charge is 0.314 e. The van der Waals surface area contributed by atoms with Crippen molar-refractivity contribution < 1.29 is 4.74 Å². The van der Waals surface area contributed by atoms with Gasteiger partial charge in [-0.2, -0.15) is 0 Å². The molecule has 0 radical (unpaired) electrons. The van der Waals surface area contributed by atoms with E-state index in [0.29, 0.717) is 5.02 Å². The van der Waals surface area contributed by atoms with Crippen molar-refractivity contribution in [2.75, 3.05) is 5.73 Å². The Morgan fingerprint density at radius 3 is 2.48 bits per heavy atom. The molecular weight excluding hydrogens is 313 g/mol. The standard InChI is InChI=1S/C14H15Cl2N3O2/c1-14(2,3)19-5-4-18-12(13(19)20)21-11-7-9(16)8(15)6-10(11)17/h4-7H,17H2,1-3H3. The SMILES string of the molecule is CC(C)(C)n1ccnc(Oc2cc(Cl)c(Cl)cc2N)c1=O. The summed E-state index contributed by atoms with van der Waals surface area (Å²) in [7, 11) is 0. The van der Waals surface area contributed by atoms with Gasteiger partial charge < -0.3 is 15.0 Å². The predicted molar refractivity (Wildman–Crippen MR) is 84.4 cm³/mol. The quantitative estimate of drug-likeness (QED) is 0.854. The summed E-state index contributed by atoms with van der Waals surface area (Å²) in [5, 5.41) is 0.600. The lowest BCUT2D eigenvalue weighted by atomic mass is 10.1. The van der Waals surface area contributed by atoms with Crippen molar-refractivity contribution in [3.05, 3.63) is 44.9 Å². The Morgan fingerprint density at radius 2 is 1.86 bits per heavy atom. The van der Waals surface area contributed by atoms with Crippen LogP contribution >= 0.6 is 23.2 Å². The third kappa shape index (κ3) is 3.31. The predicted octanol–water partition coefficient (Wildman–Crippen LogP) is 3.68. The Kier molecular flexibility index (Phi) is 4.16. The van der Waals surface area contributed by atoms with Gasteiger partial charge in [0.15, 0.2) is 5.75 Å². The number of rotatable bonds is 2. The molecule has 0 amide bonds. The van der Waals surface area contributed by atoms with Crippen LogP contribution in [0, 0.1) is 0 Å². The van der Waals surface area contributed by atoms with Crippen LogP contribution in [0.3, 0.4) is 0 Å². The average Bonchev–Trinajstić information content (AvgIpc) is 2.36. The third-order valence-electron chi connectivity index (χ3n) is 2.79. The Balaban J connectivity index is 2.46. The van der Waals surface area contributed by atoms with Gasteiger partial charge in [0.2, 0.25) is 0 Å². The summed E-state index contributed by atoms with van der Waals surface area (Å²) in [4.78, 5) is 16.3. The number of benzene rings is 1. The molecule has 1 heterocycles. The van der Waals surface area contributed by atoms with E-state index in [-0.39, 0.29) is 33.4 Å². The second-order valence-electron chi connectivity index (χ2n) is 5.48. The summed E-state index contributed by atoms with van der Waals surface area (Å²) in [6.07, 6.45) is 3.10. The molecule has 7 heteroatoms. The molecule has 2 N–H and O–H groups in total. The molecule has 5 nitrogen and oxygen atoms in total. The van der Waals surface area contributed by atoms with Gasteiger partial charge in [-0.15, -0.1) is 0 Å². The van der Waals surface area contributed by atoms with E-state index in [1.165, 1.54) is 22.9 Å². The first-order valence-electron chi connectivity index (χ1n) is 6.20. The fourth-order valence-electron chi connectivity index (χ4n) is 1.73. The summed E-state index contributed by atoms with van der Waals surface area (Å²) in [6.45, 7) is 5.73. The molecule has 21 heavy (non-hydrogen) atoms. The van der Waals surface area contributed by atoms with E-state index in [1.54, 1.807) is 6.20 Å². The van der Waals surface area contributed by atoms with E-state index in [4.69, 9.17) is 33.7 Å². The molecule has 0 unspecified atom stereocenters. The van der Waals surface area contributed by atoms with Crippen molar-refractivity contribution >= 4 is 28.9 Å². The van der Waals surface area contributed by atoms with Gasteiger partial charge in [0.1, 0.15) is 0 Å². The Morgan fingerprint density at radius 1 is 1.24 bits per heavy atom. The summed E-state index contributed by atoms with van der Waals surface area (Å²) >= 11 is 11.8. The number of nitrogens with zero attached hydrogens (tertiary/aromatic N) is 2. The molecule has 0 spiro atoms. The molecule has 0 saturated carbocycles. The Bertz CT molecular complexity index is 736. The second-order valence-corrected chi connectivity index (χ2v) is 6.30. The highest BCUT2D eigenvalue weighted by atomic mass is 35.5. The van der Waals surface area contributed by atoms with Crippen LogP contribution in [0.15, 0.2) is 29.3 Å². The minimum absolute atomic E-state index is 0.0717. The molecule has 0 bridgehead atoms. The highest BCUT2D eigenvalue weighted by Crippen LogP contribution is 2.33. The van der Waals surface area contributed by atoms with Crippen molar-refractivity contribution in [1.29, 1.82) is 0 Å². The number of nitrogen functional groups attached to an aromatic ring is 1. The molecule has 1 aromatic carbocycles. The number of halogens is 2. The van der Waals surface area contributed by atoms with Gasteiger partial charge >= 0.3 is 5.56 Å². The van der Waals surface area contributed by atoms with Crippen LogP contribution in [0.4, 0.5) is 5.69 Å². The average molecular weight is 328 g/mol. The van der Waals surface area contributed by atoms with Crippen molar-refractivity contribution in [2.24, 2.45) is 0 Å². The van der Waals surface area contributed by atoms with E-state index >= 15 is 0 Å². The minimum Gasteiger partial charge on any atom is -0.432 e. The molecule has 1 aromatic heterocycles. The van der Waals surface area contributed by atoms with Gasteiger partial charge in [-0.1, -0.05) is 23.2 Å². The van der Waals surface area contributed by atoms with Gasteiger partial charge in [0, 0.05) is 24.0 Å². The molecule has 0 aliphatic rings. The maximum absolute atomic E-state index is 12.4. The van der Waals surface area contributed by atoms with Crippen LogP contribution in [0.1, 0.15) is 20.8 Å². The van der Waals surface area contributed by atoms with Crippen molar-refractivity contribution in [3.63, 3.8) is 0 Å². The van der Waals surface area contributed by atoms with E-state index in [1.807, 2.05) is 20.8 Å². The van der Waals surface area contributed by atoms with Crippen molar-refractivity contribution in [2.45, 2.75) is 26.3 Å². The van der Waals surface area contributed by atoms with Gasteiger partial charge in [0.05, 0.1) is 15.7 Å². The lowest BCUT2D eigenvalue weighted by molar-refractivity contribution is 0.363. The first kappa shape index (κ1) is 15.7. The van der Waals surface area contributed by atoms with Gasteiger partial charge in [0.25, 0.3) is 5.88 Å². The van der Waals surface area contributed by atoms with E-state index in [0.717, 1.165) is 0 Å². The second kappa shape index (κ2) is 5.58. The van der Waals surface area contributed by atoms with Crippen LogP contribution in [-0.4, -0.2) is 9.55 Å². The maximum atomic E-state index is 12.4. The van der Waals surface area contributed by atoms with Crippen LogP contribution in [-0.2, 0) is 5.54 Å². The number of aromatic nitrogens is 2. The monoisotopic (exact) mass is 327 g/mol. The lowest BCUT2D eigenvalue weighted by Crippen LogP contribution is -2.34. The largest absolute Gasteiger partial charge is 0.432 e. The van der Waals surface area contributed by atoms with Crippen LogP contribution in [0.5, 0.6) is 11.6 Å². The van der Waals surface area contributed by atoms with Crippen molar-refractivity contribution in [3.8, 4) is 11.6 Å². The van der Waals surface area contributed by atoms with Crippen LogP contribution in [0.25, 0.3) is 0 Å².